The van der Waals surface area contributed by atoms with Crippen molar-refractivity contribution in [1.29, 1.82) is 5.26 Å². The minimum atomic E-state index is -4.58. The fraction of sp³-hybridized carbons (Fsp3) is 0.118. The van der Waals surface area contributed by atoms with Gasteiger partial charge in [0.1, 0.15) is 5.69 Å². The van der Waals surface area contributed by atoms with Crippen molar-refractivity contribution in [3.05, 3.63) is 59.0 Å². The average molecular weight is 363 g/mol. The Bertz CT molecular complexity index is 986. The molecule has 2 heterocycles. The number of rotatable bonds is 2. The Hall–Kier alpha value is -2.85. The third-order valence-electron chi connectivity index (χ3n) is 3.61. The fourth-order valence-corrected chi connectivity index (χ4v) is 2.69. The standard InChI is InChI=1S/C17H10ClF3N4/c1-25-9-24-15(14-6-10(8-22)4-5-23-14)16(25)12-3-2-11(18)7-13(12)17(19,20)21/h2-7,9H,1H3. The van der Waals surface area contributed by atoms with Gasteiger partial charge >= 0.3 is 6.18 Å². The van der Waals surface area contributed by atoms with Crippen LogP contribution in [0.2, 0.25) is 5.02 Å². The van der Waals surface area contributed by atoms with Crippen LogP contribution in [0.1, 0.15) is 11.1 Å². The van der Waals surface area contributed by atoms with Gasteiger partial charge in [-0.05, 0) is 24.3 Å². The van der Waals surface area contributed by atoms with E-state index in [1.165, 1.54) is 41.4 Å². The Morgan fingerprint density at radius 1 is 1.16 bits per heavy atom. The van der Waals surface area contributed by atoms with Gasteiger partial charge in [0.05, 0.1) is 34.9 Å². The highest BCUT2D eigenvalue weighted by molar-refractivity contribution is 6.30. The largest absolute Gasteiger partial charge is 0.417 e. The summed E-state index contributed by atoms with van der Waals surface area (Å²) in [6.45, 7) is 0. The highest BCUT2D eigenvalue weighted by atomic mass is 35.5. The molecule has 0 aliphatic rings. The number of halogens is 4. The number of hydrogen-bond acceptors (Lipinski definition) is 3. The molecule has 8 heteroatoms. The molecular formula is C17H10ClF3N4. The summed E-state index contributed by atoms with van der Waals surface area (Å²) in [5.74, 6) is 0. The van der Waals surface area contributed by atoms with Crippen LogP contribution in [0, 0.1) is 11.3 Å². The molecule has 1 aromatic carbocycles. The van der Waals surface area contributed by atoms with Crippen molar-refractivity contribution >= 4 is 11.6 Å². The molecule has 0 N–H and O–H groups in total. The number of aryl methyl sites for hydroxylation is 1. The second-order valence-electron chi connectivity index (χ2n) is 5.28. The Balaban J connectivity index is 2.27. The van der Waals surface area contributed by atoms with Crippen molar-refractivity contribution in [2.24, 2.45) is 7.05 Å². The van der Waals surface area contributed by atoms with E-state index in [4.69, 9.17) is 16.9 Å². The van der Waals surface area contributed by atoms with Gasteiger partial charge in [-0.25, -0.2) is 4.98 Å². The van der Waals surface area contributed by atoms with E-state index in [1.807, 2.05) is 6.07 Å². The van der Waals surface area contributed by atoms with Crippen LogP contribution in [0.4, 0.5) is 13.2 Å². The Morgan fingerprint density at radius 2 is 1.92 bits per heavy atom. The molecule has 0 aliphatic heterocycles. The van der Waals surface area contributed by atoms with Crippen LogP contribution >= 0.6 is 11.6 Å². The van der Waals surface area contributed by atoms with Crippen LogP contribution in [0.3, 0.4) is 0 Å². The summed E-state index contributed by atoms with van der Waals surface area (Å²) in [5, 5.41) is 9.01. The normalized spacial score (nSPS) is 11.4. The molecule has 0 spiro atoms. The lowest BCUT2D eigenvalue weighted by Gasteiger charge is -2.15. The van der Waals surface area contributed by atoms with Gasteiger partial charge in [0.2, 0.25) is 0 Å². The van der Waals surface area contributed by atoms with Crippen molar-refractivity contribution in [2.75, 3.05) is 0 Å². The molecule has 126 valence electrons. The minimum absolute atomic E-state index is 0.00982. The maximum absolute atomic E-state index is 13.5. The number of nitriles is 1. The molecule has 0 aliphatic carbocycles. The van der Waals surface area contributed by atoms with Crippen molar-refractivity contribution in [1.82, 2.24) is 14.5 Å². The summed E-state index contributed by atoms with van der Waals surface area (Å²) < 4.78 is 41.9. The summed E-state index contributed by atoms with van der Waals surface area (Å²) >= 11 is 5.75. The molecule has 0 saturated carbocycles. The molecule has 4 nitrogen and oxygen atoms in total. The molecule has 3 rings (SSSR count). The topological polar surface area (TPSA) is 54.5 Å². The summed E-state index contributed by atoms with van der Waals surface area (Å²) in [4.78, 5) is 8.31. The monoisotopic (exact) mass is 362 g/mol. The predicted molar refractivity (Wildman–Crippen MR) is 86.6 cm³/mol. The van der Waals surface area contributed by atoms with Gasteiger partial charge in [-0.2, -0.15) is 18.4 Å². The summed E-state index contributed by atoms with van der Waals surface area (Å²) in [7, 11) is 1.59. The van der Waals surface area contributed by atoms with E-state index < -0.39 is 11.7 Å². The van der Waals surface area contributed by atoms with Gasteiger partial charge in [-0.15, -0.1) is 0 Å². The van der Waals surface area contributed by atoms with E-state index in [1.54, 1.807) is 7.05 Å². The molecule has 0 radical (unpaired) electrons. The molecule has 0 saturated heterocycles. The zero-order valence-corrected chi connectivity index (χ0v) is 13.6. The van der Waals surface area contributed by atoms with Crippen molar-refractivity contribution in [2.45, 2.75) is 6.18 Å². The number of nitrogens with zero attached hydrogens (tertiary/aromatic N) is 4. The van der Waals surface area contributed by atoms with E-state index in [9.17, 15) is 13.2 Å². The fourth-order valence-electron chi connectivity index (χ4n) is 2.52. The zero-order valence-electron chi connectivity index (χ0n) is 12.8. The van der Waals surface area contributed by atoms with E-state index in [-0.39, 0.29) is 22.0 Å². The summed E-state index contributed by atoms with van der Waals surface area (Å²) in [5.41, 5.74) is 0.239. The Morgan fingerprint density at radius 3 is 2.60 bits per heavy atom. The smallest absolute Gasteiger partial charge is 0.333 e. The van der Waals surface area contributed by atoms with Gasteiger partial charge in [0, 0.05) is 23.8 Å². The first kappa shape index (κ1) is 17.0. The molecule has 2 aromatic heterocycles. The first-order valence-corrected chi connectivity index (χ1v) is 7.44. The number of benzene rings is 1. The highest BCUT2D eigenvalue weighted by Crippen LogP contribution is 2.41. The third kappa shape index (κ3) is 3.21. The summed E-state index contributed by atoms with van der Waals surface area (Å²) in [6.07, 6.45) is -1.76. The van der Waals surface area contributed by atoms with Gasteiger partial charge in [0.15, 0.2) is 0 Å². The van der Waals surface area contributed by atoms with Gasteiger partial charge < -0.3 is 4.57 Å². The molecule has 0 fully saturated rings. The van der Waals surface area contributed by atoms with E-state index in [0.29, 0.717) is 11.3 Å². The predicted octanol–water partition coefficient (Wildman–Crippen LogP) is 4.69. The van der Waals surface area contributed by atoms with Crippen LogP contribution < -0.4 is 0 Å². The lowest BCUT2D eigenvalue weighted by Crippen LogP contribution is -2.08. The molecule has 0 bridgehead atoms. The first-order chi connectivity index (χ1) is 11.8. The average Bonchev–Trinajstić information content (AvgIpc) is 2.95. The molecule has 3 aromatic rings. The molecular weight excluding hydrogens is 353 g/mol. The maximum Gasteiger partial charge on any atom is 0.417 e. The summed E-state index contributed by atoms with van der Waals surface area (Å²) in [6, 6.07) is 8.54. The van der Waals surface area contributed by atoms with Gasteiger partial charge in [-0.3, -0.25) is 4.98 Å². The van der Waals surface area contributed by atoms with E-state index in [0.717, 1.165) is 6.07 Å². The second-order valence-corrected chi connectivity index (χ2v) is 5.72. The van der Waals surface area contributed by atoms with Crippen LogP contribution in [-0.4, -0.2) is 14.5 Å². The van der Waals surface area contributed by atoms with Crippen LogP contribution in [0.15, 0.2) is 42.9 Å². The van der Waals surface area contributed by atoms with E-state index in [2.05, 4.69) is 9.97 Å². The van der Waals surface area contributed by atoms with Gasteiger partial charge in [0.25, 0.3) is 0 Å². The van der Waals surface area contributed by atoms with Crippen LogP contribution in [-0.2, 0) is 13.2 Å². The molecule has 25 heavy (non-hydrogen) atoms. The second kappa shape index (κ2) is 6.22. The number of alkyl halides is 3. The van der Waals surface area contributed by atoms with Crippen LogP contribution in [0.25, 0.3) is 22.6 Å². The molecule has 0 amide bonds. The molecule has 0 unspecified atom stereocenters. The number of aromatic nitrogens is 3. The Kier molecular flexibility index (Phi) is 4.23. The highest BCUT2D eigenvalue weighted by Gasteiger charge is 2.35. The van der Waals surface area contributed by atoms with Crippen molar-refractivity contribution < 1.29 is 13.2 Å². The lowest BCUT2D eigenvalue weighted by atomic mass is 10.0. The zero-order chi connectivity index (χ0) is 18.2. The minimum Gasteiger partial charge on any atom is -0.333 e. The molecule has 0 atom stereocenters. The van der Waals surface area contributed by atoms with Crippen LogP contribution in [0.5, 0.6) is 0 Å². The van der Waals surface area contributed by atoms with Crippen molar-refractivity contribution in [3.63, 3.8) is 0 Å². The van der Waals surface area contributed by atoms with Gasteiger partial charge in [-0.1, -0.05) is 17.7 Å². The number of imidazole rings is 1. The third-order valence-corrected chi connectivity index (χ3v) is 3.85. The lowest BCUT2D eigenvalue weighted by molar-refractivity contribution is -0.137. The quantitative estimate of drug-likeness (QED) is 0.664. The SMILES string of the molecule is Cn1cnc(-c2cc(C#N)ccn2)c1-c1ccc(Cl)cc1C(F)(F)F. The number of hydrogen-bond donors (Lipinski definition) is 0. The van der Waals surface area contributed by atoms with Crippen molar-refractivity contribution in [3.8, 4) is 28.7 Å². The Labute approximate surface area is 146 Å². The number of pyridine rings is 1. The first-order valence-electron chi connectivity index (χ1n) is 7.06. The van der Waals surface area contributed by atoms with E-state index >= 15 is 0 Å². The maximum atomic E-state index is 13.5.